The van der Waals surface area contributed by atoms with Crippen LogP contribution in [0, 0.1) is 10.1 Å². The summed E-state index contributed by atoms with van der Waals surface area (Å²) in [6, 6.07) is 1.46. The summed E-state index contributed by atoms with van der Waals surface area (Å²) >= 11 is 3.29. The molecule has 0 fully saturated rings. The van der Waals surface area contributed by atoms with Crippen molar-refractivity contribution in [1.29, 1.82) is 0 Å². The number of anilines is 1. The minimum absolute atomic E-state index is 0.0153. The summed E-state index contributed by atoms with van der Waals surface area (Å²) < 4.78 is 0.612. The molecule has 0 radical (unpaired) electrons. The lowest BCUT2D eigenvalue weighted by Crippen LogP contribution is -2.21. The van der Waals surface area contributed by atoms with E-state index in [9.17, 15) is 10.1 Å². The van der Waals surface area contributed by atoms with Crippen molar-refractivity contribution in [2.24, 2.45) is 0 Å². The number of pyridine rings is 1. The molecule has 2 rings (SSSR count). The lowest BCUT2D eigenvalue weighted by atomic mass is 10.1. The summed E-state index contributed by atoms with van der Waals surface area (Å²) in [5.74, 6) is 0.639. The largest absolute Gasteiger partial charge is 0.369 e. The van der Waals surface area contributed by atoms with Gasteiger partial charge in [0.2, 0.25) is 0 Å². The molecule has 0 amide bonds. The predicted octanol–water partition coefficient (Wildman–Crippen LogP) is 2.47. The molecule has 7 heteroatoms. The number of nitro groups is 1. The van der Waals surface area contributed by atoms with E-state index < -0.39 is 4.92 Å². The molecule has 0 aromatic carbocycles. The van der Waals surface area contributed by atoms with Gasteiger partial charge in [0.15, 0.2) is 0 Å². The minimum Gasteiger partial charge on any atom is -0.369 e. The highest BCUT2D eigenvalue weighted by atomic mass is 79.9. The standard InChI is InChI=1S/C12H15BrN4O2/c13-11-7-10(17(18)19)8-16-12(11)15-6-3-9-1-4-14-5-2-9/h1,7-8,14H,2-6H2,(H,15,16). The van der Waals surface area contributed by atoms with Crippen LogP contribution in [0.15, 0.2) is 28.4 Å². The Morgan fingerprint density at radius 1 is 1.58 bits per heavy atom. The normalized spacial score (nSPS) is 14.9. The predicted molar refractivity (Wildman–Crippen MR) is 77.3 cm³/mol. The SMILES string of the molecule is O=[N+]([O-])c1cnc(NCCC2=CCNCC2)c(Br)c1. The molecular weight excluding hydrogens is 312 g/mol. The first kappa shape index (κ1) is 14.0. The fourth-order valence-electron chi connectivity index (χ4n) is 1.90. The summed E-state index contributed by atoms with van der Waals surface area (Å²) in [5, 5.41) is 17.0. The number of rotatable bonds is 5. The number of nitrogens with zero attached hydrogens (tertiary/aromatic N) is 2. The Hall–Kier alpha value is -1.47. The highest BCUT2D eigenvalue weighted by molar-refractivity contribution is 9.10. The van der Waals surface area contributed by atoms with Crippen LogP contribution in [0.3, 0.4) is 0 Å². The van der Waals surface area contributed by atoms with Gasteiger partial charge < -0.3 is 10.6 Å². The molecule has 0 spiro atoms. The van der Waals surface area contributed by atoms with Crippen molar-refractivity contribution < 1.29 is 4.92 Å². The average molecular weight is 327 g/mol. The maximum absolute atomic E-state index is 10.6. The van der Waals surface area contributed by atoms with E-state index in [1.54, 1.807) is 0 Å². The molecule has 0 atom stereocenters. The van der Waals surface area contributed by atoms with E-state index in [4.69, 9.17) is 0 Å². The van der Waals surface area contributed by atoms with Gasteiger partial charge in [-0.15, -0.1) is 0 Å². The van der Waals surface area contributed by atoms with Gasteiger partial charge in [-0.1, -0.05) is 11.6 Å². The molecule has 1 aliphatic heterocycles. The van der Waals surface area contributed by atoms with Crippen LogP contribution in [0.4, 0.5) is 11.5 Å². The van der Waals surface area contributed by atoms with Crippen molar-refractivity contribution in [2.75, 3.05) is 25.0 Å². The van der Waals surface area contributed by atoms with Gasteiger partial charge in [0.25, 0.3) is 5.69 Å². The average Bonchev–Trinajstić information content (AvgIpc) is 2.41. The van der Waals surface area contributed by atoms with E-state index in [2.05, 4.69) is 37.6 Å². The second kappa shape index (κ2) is 6.63. The van der Waals surface area contributed by atoms with E-state index in [1.165, 1.54) is 17.8 Å². The minimum atomic E-state index is -0.457. The Labute approximate surface area is 119 Å². The van der Waals surface area contributed by atoms with Gasteiger partial charge in [-0.3, -0.25) is 10.1 Å². The third-order valence-corrected chi connectivity index (χ3v) is 3.54. The molecule has 6 nitrogen and oxygen atoms in total. The molecule has 2 N–H and O–H groups in total. The van der Waals surface area contributed by atoms with Crippen LogP contribution in [-0.2, 0) is 0 Å². The molecular formula is C12H15BrN4O2. The molecule has 0 saturated carbocycles. The van der Waals surface area contributed by atoms with Crippen LogP contribution in [0.2, 0.25) is 0 Å². The van der Waals surface area contributed by atoms with Crippen molar-refractivity contribution in [3.8, 4) is 0 Å². The fourth-order valence-corrected chi connectivity index (χ4v) is 2.37. The van der Waals surface area contributed by atoms with E-state index in [0.717, 1.165) is 32.5 Å². The fraction of sp³-hybridized carbons (Fsp3) is 0.417. The van der Waals surface area contributed by atoms with E-state index in [0.29, 0.717) is 10.3 Å². The van der Waals surface area contributed by atoms with Crippen molar-refractivity contribution >= 4 is 27.4 Å². The summed E-state index contributed by atoms with van der Waals surface area (Å²) in [7, 11) is 0. The van der Waals surface area contributed by atoms with Gasteiger partial charge in [0, 0.05) is 19.2 Å². The van der Waals surface area contributed by atoms with Gasteiger partial charge in [0.1, 0.15) is 12.0 Å². The molecule has 0 unspecified atom stereocenters. The van der Waals surface area contributed by atoms with Crippen molar-refractivity contribution in [3.63, 3.8) is 0 Å². The van der Waals surface area contributed by atoms with Crippen molar-refractivity contribution in [3.05, 3.63) is 38.5 Å². The monoisotopic (exact) mass is 326 g/mol. The van der Waals surface area contributed by atoms with Crippen LogP contribution in [0.25, 0.3) is 0 Å². The molecule has 2 heterocycles. The summed E-state index contributed by atoms with van der Waals surface area (Å²) in [5.41, 5.74) is 1.42. The van der Waals surface area contributed by atoms with Gasteiger partial charge in [-0.05, 0) is 35.3 Å². The molecule has 1 aromatic heterocycles. The molecule has 19 heavy (non-hydrogen) atoms. The first-order valence-electron chi connectivity index (χ1n) is 6.09. The first-order chi connectivity index (χ1) is 9.16. The van der Waals surface area contributed by atoms with Gasteiger partial charge in [-0.25, -0.2) is 4.98 Å². The number of nitrogens with one attached hydrogen (secondary N) is 2. The highest BCUT2D eigenvalue weighted by Gasteiger charge is 2.10. The van der Waals surface area contributed by atoms with Gasteiger partial charge in [-0.2, -0.15) is 0 Å². The highest BCUT2D eigenvalue weighted by Crippen LogP contribution is 2.24. The number of hydrogen-bond donors (Lipinski definition) is 2. The zero-order chi connectivity index (χ0) is 13.7. The molecule has 0 aliphatic carbocycles. The molecule has 1 aromatic rings. The number of aromatic nitrogens is 1. The molecule has 0 bridgehead atoms. The maximum atomic E-state index is 10.6. The Morgan fingerprint density at radius 2 is 2.42 bits per heavy atom. The van der Waals surface area contributed by atoms with Crippen LogP contribution in [0.5, 0.6) is 0 Å². The lowest BCUT2D eigenvalue weighted by molar-refractivity contribution is -0.385. The van der Waals surface area contributed by atoms with Crippen molar-refractivity contribution in [2.45, 2.75) is 12.8 Å². The van der Waals surface area contributed by atoms with Gasteiger partial charge in [0.05, 0.1) is 9.40 Å². The second-order valence-electron chi connectivity index (χ2n) is 4.27. The number of halogens is 1. The topological polar surface area (TPSA) is 80.1 Å². The Kier molecular flexibility index (Phi) is 4.86. The second-order valence-corrected chi connectivity index (χ2v) is 5.13. The molecule has 0 saturated heterocycles. The molecule has 102 valence electrons. The zero-order valence-corrected chi connectivity index (χ0v) is 11.9. The Morgan fingerprint density at radius 3 is 3.05 bits per heavy atom. The van der Waals surface area contributed by atoms with Gasteiger partial charge >= 0.3 is 0 Å². The lowest BCUT2D eigenvalue weighted by Gasteiger charge is -2.14. The zero-order valence-electron chi connectivity index (χ0n) is 10.4. The van der Waals surface area contributed by atoms with E-state index in [-0.39, 0.29) is 5.69 Å². The summed E-state index contributed by atoms with van der Waals surface area (Å²) in [6.45, 7) is 2.75. The van der Waals surface area contributed by atoms with Crippen LogP contribution < -0.4 is 10.6 Å². The summed E-state index contributed by atoms with van der Waals surface area (Å²) in [4.78, 5) is 14.2. The van der Waals surface area contributed by atoms with Crippen LogP contribution in [0.1, 0.15) is 12.8 Å². The number of hydrogen-bond acceptors (Lipinski definition) is 5. The smallest absolute Gasteiger partial charge is 0.288 e. The van der Waals surface area contributed by atoms with Crippen LogP contribution in [-0.4, -0.2) is 29.5 Å². The Balaban J connectivity index is 1.89. The van der Waals surface area contributed by atoms with E-state index >= 15 is 0 Å². The first-order valence-corrected chi connectivity index (χ1v) is 6.88. The third kappa shape index (κ3) is 4.00. The third-order valence-electron chi connectivity index (χ3n) is 2.93. The quantitative estimate of drug-likeness (QED) is 0.493. The molecule has 1 aliphatic rings. The maximum Gasteiger partial charge on any atom is 0.288 e. The summed E-state index contributed by atoms with van der Waals surface area (Å²) in [6.07, 6.45) is 5.52. The van der Waals surface area contributed by atoms with Crippen LogP contribution >= 0.6 is 15.9 Å². The van der Waals surface area contributed by atoms with E-state index in [1.807, 2.05) is 0 Å². The Bertz CT molecular complexity index is 505. The van der Waals surface area contributed by atoms with Crippen molar-refractivity contribution in [1.82, 2.24) is 10.3 Å².